The molecule has 134 valence electrons. The molecule has 0 fully saturated rings. The average Bonchev–Trinajstić information content (AvgIpc) is 3.08. The second kappa shape index (κ2) is 9.66. The van der Waals surface area contributed by atoms with Crippen LogP contribution in [0, 0.1) is 13.8 Å². The zero-order chi connectivity index (χ0) is 18.1. The Morgan fingerprint density at radius 3 is 2.46 bits per heavy atom. The first-order chi connectivity index (χ1) is 11.4. The van der Waals surface area contributed by atoms with Gasteiger partial charge in [-0.3, -0.25) is 9.89 Å². The van der Waals surface area contributed by atoms with Crippen molar-refractivity contribution in [2.45, 2.75) is 33.2 Å². The van der Waals surface area contributed by atoms with E-state index in [1.807, 2.05) is 37.9 Å². The standard InChI is InChI=1S/C14H24N6O.CH2O2/c1-10-12(11(2)16-15-10)7-6-8-20(5)14-18-17-13(21-14)9-19(3)4;2-1-3/h6-9H2,1-5H3,(H,15,16);1H,(H,2,3). The fourth-order valence-corrected chi connectivity index (χ4v) is 2.26. The van der Waals surface area contributed by atoms with Crippen LogP contribution in [0.3, 0.4) is 0 Å². The summed E-state index contributed by atoms with van der Waals surface area (Å²) in [6.45, 7) is 5.38. The lowest BCUT2D eigenvalue weighted by molar-refractivity contribution is -0.122. The first kappa shape index (κ1) is 19.6. The molecule has 24 heavy (non-hydrogen) atoms. The van der Waals surface area contributed by atoms with E-state index in [1.54, 1.807) is 0 Å². The van der Waals surface area contributed by atoms with Crippen LogP contribution in [0.15, 0.2) is 4.42 Å². The first-order valence-corrected chi connectivity index (χ1v) is 7.65. The van der Waals surface area contributed by atoms with Crippen LogP contribution in [0.5, 0.6) is 0 Å². The van der Waals surface area contributed by atoms with Gasteiger partial charge in [-0.05, 0) is 46.3 Å². The summed E-state index contributed by atoms with van der Waals surface area (Å²) in [5.41, 5.74) is 3.55. The SMILES string of the molecule is Cc1n[nH]c(C)c1CCCN(C)c1nnc(CN(C)C)o1.O=CO. The van der Waals surface area contributed by atoms with Crippen LogP contribution in [0.1, 0.15) is 29.3 Å². The van der Waals surface area contributed by atoms with E-state index in [1.165, 1.54) is 5.56 Å². The quantitative estimate of drug-likeness (QED) is 0.725. The van der Waals surface area contributed by atoms with Gasteiger partial charge < -0.3 is 19.3 Å². The van der Waals surface area contributed by atoms with Gasteiger partial charge in [-0.2, -0.15) is 5.10 Å². The van der Waals surface area contributed by atoms with E-state index in [9.17, 15) is 0 Å². The molecule has 0 bridgehead atoms. The number of H-pyrrole nitrogens is 1. The number of nitrogens with one attached hydrogen (secondary N) is 1. The highest BCUT2D eigenvalue weighted by Crippen LogP contribution is 2.15. The molecule has 2 rings (SSSR count). The van der Waals surface area contributed by atoms with Crippen molar-refractivity contribution in [3.05, 3.63) is 22.8 Å². The summed E-state index contributed by atoms with van der Waals surface area (Å²) in [5, 5.41) is 22.3. The molecule has 0 unspecified atom stereocenters. The van der Waals surface area contributed by atoms with Crippen molar-refractivity contribution < 1.29 is 14.3 Å². The molecular formula is C15H26N6O3. The maximum atomic E-state index is 8.36. The second-order valence-corrected chi connectivity index (χ2v) is 5.76. The molecule has 0 atom stereocenters. The smallest absolute Gasteiger partial charge is 0.317 e. The Bertz CT molecular complexity index is 603. The van der Waals surface area contributed by atoms with Crippen molar-refractivity contribution in [2.75, 3.05) is 32.6 Å². The number of hydrogen-bond donors (Lipinski definition) is 2. The van der Waals surface area contributed by atoms with Gasteiger partial charge in [0.1, 0.15) is 0 Å². The molecule has 2 aromatic heterocycles. The average molecular weight is 338 g/mol. The van der Waals surface area contributed by atoms with Crippen molar-refractivity contribution in [1.29, 1.82) is 0 Å². The predicted molar refractivity (Wildman–Crippen MR) is 90.0 cm³/mol. The number of carboxylic acid groups (broad SMARTS) is 1. The van der Waals surface area contributed by atoms with Gasteiger partial charge in [0.2, 0.25) is 5.89 Å². The summed E-state index contributed by atoms with van der Waals surface area (Å²) in [7, 11) is 5.92. The summed E-state index contributed by atoms with van der Waals surface area (Å²) >= 11 is 0. The van der Waals surface area contributed by atoms with E-state index in [4.69, 9.17) is 14.3 Å². The first-order valence-electron chi connectivity index (χ1n) is 7.65. The summed E-state index contributed by atoms with van der Waals surface area (Å²) < 4.78 is 5.63. The van der Waals surface area contributed by atoms with Crippen LogP contribution < -0.4 is 4.90 Å². The van der Waals surface area contributed by atoms with Gasteiger partial charge >= 0.3 is 6.01 Å². The minimum absolute atomic E-state index is 0.250. The minimum atomic E-state index is -0.250. The zero-order valence-electron chi connectivity index (χ0n) is 14.9. The van der Waals surface area contributed by atoms with Crippen molar-refractivity contribution in [3.8, 4) is 0 Å². The van der Waals surface area contributed by atoms with Gasteiger partial charge in [0.15, 0.2) is 0 Å². The van der Waals surface area contributed by atoms with Crippen LogP contribution in [0.2, 0.25) is 0 Å². The third-order valence-corrected chi connectivity index (χ3v) is 3.44. The van der Waals surface area contributed by atoms with Crippen LogP contribution >= 0.6 is 0 Å². The molecule has 2 heterocycles. The second-order valence-electron chi connectivity index (χ2n) is 5.76. The van der Waals surface area contributed by atoms with E-state index in [2.05, 4.69) is 27.3 Å². The number of carbonyl (C=O) groups is 1. The summed E-state index contributed by atoms with van der Waals surface area (Å²) in [6.07, 6.45) is 2.01. The van der Waals surface area contributed by atoms with E-state index in [0.717, 1.165) is 30.8 Å². The van der Waals surface area contributed by atoms with E-state index >= 15 is 0 Å². The minimum Gasteiger partial charge on any atom is -0.483 e. The van der Waals surface area contributed by atoms with E-state index in [0.29, 0.717) is 18.5 Å². The number of rotatable bonds is 7. The van der Waals surface area contributed by atoms with E-state index in [-0.39, 0.29) is 6.47 Å². The Balaban J connectivity index is 0.000000891. The fourth-order valence-electron chi connectivity index (χ4n) is 2.26. The van der Waals surface area contributed by atoms with Crippen molar-refractivity contribution in [3.63, 3.8) is 0 Å². The third kappa shape index (κ3) is 5.99. The highest BCUT2D eigenvalue weighted by molar-refractivity contribution is 5.32. The Kier molecular flexibility index (Phi) is 7.90. The molecule has 0 aliphatic heterocycles. The molecular weight excluding hydrogens is 312 g/mol. The molecule has 0 radical (unpaired) electrons. The molecule has 2 aromatic rings. The van der Waals surface area contributed by atoms with Gasteiger partial charge in [0.25, 0.3) is 6.47 Å². The van der Waals surface area contributed by atoms with Gasteiger partial charge in [-0.1, -0.05) is 5.10 Å². The molecule has 0 aliphatic rings. The van der Waals surface area contributed by atoms with Gasteiger partial charge in [0, 0.05) is 19.3 Å². The lowest BCUT2D eigenvalue weighted by atomic mass is 10.1. The zero-order valence-corrected chi connectivity index (χ0v) is 14.9. The Morgan fingerprint density at radius 1 is 1.25 bits per heavy atom. The number of aryl methyl sites for hydroxylation is 2. The maximum absolute atomic E-state index is 8.36. The summed E-state index contributed by atoms with van der Waals surface area (Å²) in [6, 6.07) is 0.576. The Labute approximate surface area is 141 Å². The molecule has 9 nitrogen and oxygen atoms in total. The van der Waals surface area contributed by atoms with Crippen LogP contribution in [0.25, 0.3) is 0 Å². The lowest BCUT2D eigenvalue weighted by Gasteiger charge is -2.13. The number of aromatic amines is 1. The number of aromatic nitrogens is 4. The van der Waals surface area contributed by atoms with Crippen molar-refractivity contribution in [1.82, 2.24) is 25.3 Å². The molecule has 0 amide bonds. The lowest BCUT2D eigenvalue weighted by Crippen LogP contribution is -2.19. The number of nitrogens with zero attached hydrogens (tertiary/aromatic N) is 5. The predicted octanol–water partition coefficient (Wildman–Crippen LogP) is 1.24. The highest BCUT2D eigenvalue weighted by Gasteiger charge is 2.12. The van der Waals surface area contributed by atoms with Gasteiger partial charge in [-0.15, -0.1) is 5.10 Å². The molecule has 0 saturated carbocycles. The number of hydrogen-bond acceptors (Lipinski definition) is 7. The molecule has 9 heteroatoms. The van der Waals surface area contributed by atoms with Crippen LogP contribution in [-0.4, -0.2) is 64.6 Å². The highest BCUT2D eigenvalue weighted by atomic mass is 16.4. The number of anilines is 1. The van der Waals surface area contributed by atoms with Crippen molar-refractivity contribution in [2.24, 2.45) is 0 Å². The largest absolute Gasteiger partial charge is 0.483 e. The van der Waals surface area contributed by atoms with E-state index < -0.39 is 0 Å². The van der Waals surface area contributed by atoms with Gasteiger partial charge in [0.05, 0.1) is 12.2 Å². The van der Waals surface area contributed by atoms with Crippen molar-refractivity contribution >= 4 is 12.5 Å². The summed E-state index contributed by atoms with van der Waals surface area (Å²) in [4.78, 5) is 12.4. The molecule has 0 spiro atoms. The molecule has 2 N–H and O–H groups in total. The maximum Gasteiger partial charge on any atom is 0.317 e. The van der Waals surface area contributed by atoms with Crippen LogP contribution in [-0.2, 0) is 17.8 Å². The molecule has 0 saturated heterocycles. The third-order valence-electron chi connectivity index (χ3n) is 3.44. The summed E-state index contributed by atoms with van der Waals surface area (Å²) in [5.74, 6) is 0.642. The monoisotopic (exact) mass is 338 g/mol. The topological polar surface area (TPSA) is 111 Å². The molecule has 0 aliphatic carbocycles. The Morgan fingerprint density at radius 2 is 1.92 bits per heavy atom. The van der Waals surface area contributed by atoms with Crippen LogP contribution in [0.4, 0.5) is 6.01 Å². The van der Waals surface area contributed by atoms with Gasteiger partial charge in [-0.25, -0.2) is 0 Å². The fraction of sp³-hybridized carbons (Fsp3) is 0.600. The Hall–Kier alpha value is -2.42. The molecule has 0 aromatic carbocycles. The normalized spacial score (nSPS) is 10.4.